The minimum atomic E-state index is -0.607. The molecule has 35 heavy (non-hydrogen) atoms. The van der Waals surface area contributed by atoms with Gasteiger partial charge in [0, 0.05) is 18.1 Å². The number of hydrazine groups is 1. The second-order valence-corrected chi connectivity index (χ2v) is 10.2. The molecule has 1 heterocycles. The van der Waals surface area contributed by atoms with Crippen LogP contribution in [-0.4, -0.2) is 36.0 Å². The molecule has 2 amide bonds. The van der Waals surface area contributed by atoms with Crippen molar-refractivity contribution in [3.8, 4) is 0 Å². The maximum atomic E-state index is 13.9. The Kier molecular flexibility index (Phi) is 8.32. The molecule has 188 valence electrons. The lowest BCUT2D eigenvalue weighted by atomic mass is 9.84. The van der Waals surface area contributed by atoms with Crippen LogP contribution in [0.1, 0.15) is 69.4 Å². The molecule has 5 nitrogen and oxygen atoms in total. The van der Waals surface area contributed by atoms with Crippen molar-refractivity contribution >= 4 is 29.1 Å². The molecular formula is C28H35ClFN3O2. The van der Waals surface area contributed by atoms with E-state index in [2.05, 4.69) is 5.32 Å². The number of nitrogens with one attached hydrogen (secondary N) is 1. The van der Waals surface area contributed by atoms with Crippen molar-refractivity contribution in [1.29, 1.82) is 0 Å². The van der Waals surface area contributed by atoms with Gasteiger partial charge in [-0.05, 0) is 74.1 Å². The average Bonchev–Trinajstić information content (AvgIpc) is 3.27. The number of anilines is 1. The van der Waals surface area contributed by atoms with Gasteiger partial charge in [0.25, 0.3) is 5.91 Å². The molecule has 0 aromatic heterocycles. The van der Waals surface area contributed by atoms with Crippen molar-refractivity contribution in [2.75, 3.05) is 18.1 Å². The number of rotatable bonds is 8. The highest BCUT2D eigenvalue weighted by molar-refractivity contribution is 6.30. The third-order valence-corrected chi connectivity index (χ3v) is 7.68. The van der Waals surface area contributed by atoms with Crippen molar-refractivity contribution in [2.45, 2.75) is 70.8 Å². The molecule has 1 fully saturated rings. The number of carbonyl (C=O) groups is 2. The third kappa shape index (κ3) is 5.97. The van der Waals surface area contributed by atoms with E-state index < -0.39 is 12.0 Å². The van der Waals surface area contributed by atoms with Crippen LogP contribution in [-0.2, 0) is 16.0 Å². The van der Waals surface area contributed by atoms with E-state index in [4.69, 9.17) is 11.6 Å². The van der Waals surface area contributed by atoms with Gasteiger partial charge in [-0.25, -0.2) is 4.39 Å². The number of carbonyl (C=O) groups excluding carboxylic acids is 2. The number of fused-ring (bicyclic) bond motifs is 1. The van der Waals surface area contributed by atoms with Gasteiger partial charge in [0.05, 0.1) is 11.6 Å². The zero-order valence-corrected chi connectivity index (χ0v) is 21.4. The predicted octanol–water partition coefficient (Wildman–Crippen LogP) is 5.86. The fraction of sp³-hybridized carbons (Fsp3) is 0.500. The van der Waals surface area contributed by atoms with E-state index in [0.29, 0.717) is 36.9 Å². The Bertz CT molecular complexity index is 1040. The Labute approximate surface area is 212 Å². The summed E-state index contributed by atoms with van der Waals surface area (Å²) in [6.07, 6.45) is 7.07. The van der Waals surface area contributed by atoms with E-state index in [0.717, 1.165) is 29.7 Å². The normalized spacial score (nSPS) is 17.5. The molecule has 4 rings (SSSR count). The molecule has 0 radical (unpaired) electrons. The van der Waals surface area contributed by atoms with E-state index >= 15 is 0 Å². The van der Waals surface area contributed by atoms with Gasteiger partial charge in [-0.15, -0.1) is 0 Å². The van der Waals surface area contributed by atoms with Crippen molar-refractivity contribution in [2.24, 2.45) is 5.92 Å². The van der Waals surface area contributed by atoms with Crippen LogP contribution in [0.3, 0.4) is 0 Å². The third-order valence-electron chi connectivity index (χ3n) is 7.43. The Hall–Kier alpha value is -2.60. The zero-order chi connectivity index (χ0) is 24.9. The van der Waals surface area contributed by atoms with Crippen LogP contribution in [0, 0.1) is 11.7 Å². The molecule has 1 aliphatic carbocycles. The molecule has 0 bridgehead atoms. The van der Waals surface area contributed by atoms with Crippen molar-refractivity contribution < 1.29 is 14.0 Å². The second kappa shape index (κ2) is 11.4. The van der Waals surface area contributed by atoms with E-state index in [1.165, 1.54) is 25.3 Å². The molecule has 1 saturated carbocycles. The monoisotopic (exact) mass is 499 g/mol. The summed E-state index contributed by atoms with van der Waals surface area (Å²) in [6, 6.07) is 11.4. The van der Waals surface area contributed by atoms with Crippen LogP contribution in [0.2, 0.25) is 5.02 Å². The highest BCUT2D eigenvalue weighted by Crippen LogP contribution is 2.32. The van der Waals surface area contributed by atoms with Gasteiger partial charge >= 0.3 is 0 Å². The van der Waals surface area contributed by atoms with Crippen molar-refractivity contribution in [1.82, 2.24) is 10.3 Å². The maximum absolute atomic E-state index is 13.9. The first-order valence-electron chi connectivity index (χ1n) is 12.8. The summed E-state index contributed by atoms with van der Waals surface area (Å²) >= 11 is 6.01. The summed E-state index contributed by atoms with van der Waals surface area (Å²) in [6.45, 7) is 4.88. The summed E-state index contributed by atoms with van der Waals surface area (Å²) in [4.78, 5) is 27.2. The number of halogens is 2. The largest absolute Gasteiger partial charge is 0.344 e. The van der Waals surface area contributed by atoms with Gasteiger partial charge in [-0.2, -0.15) is 0 Å². The van der Waals surface area contributed by atoms with Gasteiger partial charge in [0.2, 0.25) is 5.91 Å². The summed E-state index contributed by atoms with van der Waals surface area (Å²) < 4.78 is 13.7. The Morgan fingerprint density at radius 3 is 2.54 bits per heavy atom. The molecule has 7 heteroatoms. The standard InChI is InChI=1S/C28H35ClFN3O2/c1-3-32(33-16-15-22-18-24(30)13-14-26(22)33)28(35)25(17-20-7-5-4-6-8-20)31-27(34)19(2)21-9-11-23(29)12-10-21/h9-14,18-20,25H,3-8,15-17H2,1-2H3,(H,31,34). The molecule has 2 aliphatic rings. The average molecular weight is 500 g/mol. The molecule has 2 unspecified atom stereocenters. The Balaban J connectivity index is 1.54. The first-order valence-corrected chi connectivity index (χ1v) is 13.2. The summed E-state index contributed by atoms with van der Waals surface area (Å²) in [5, 5.41) is 7.39. The molecule has 2 aromatic carbocycles. The van der Waals surface area contributed by atoms with E-state index in [-0.39, 0.29) is 17.6 Å². The number of nitrogens with zero attached hydrogens (tertiary/aromatic N) is 2. The predicted molar refractivity (Wildman–Crippen MR) is 138 cm³/mol. The van der Waals surface area contributed by atoms with E-state index in [1.807, 2.05) is 31.0 Å². The first-order chi connectivity index (χ1) is 16.9. The molecule has 2 atom stereocenters. The van der Waals surface area contributed by atoms with Crippen LogP contribution in [0.15, 0.2) is 42.5 Å². The maximum Gasteiger partial charge on any atom is 0.263 e. The number of likely N-dealkylation sites (N-methyl/N-ethyl adjacent to an activating group) is 1. The van der Waals surface area contributed by atoms with Gasteiger partial charge in [0.1, 0.15) is 11.9 Å². The number of hydrogen-bond donors (Lipinski definition) is 1. The van der Waals surface area contributed by atoms with Gasteiger partial charge in [0.15, 0.2) is 0 Å². The second-order valence-electron chi connectivity index (χ2n) is 9.77. The quantitative estimate of drug-likeness (QED) is 0.494. The Morgan fingerprint density at radius 1 is 1.14 bits per heavy atom. The fourth-order valence-corrected chi connectivity index (χ4v) is 5.53. The molecular weight excluding hydrogens is 465 g/mol. The zero-order valence-electron chi connectivity index (χ0n) is 20.6. The van der Waals surface area contributed by atoms with Gasteiger partial charge < -0.3 is 5.32 Å². The van der Waals surface area contributed by atoms with Crippen molar-refractivity contribution in [3.05, 3.63) is 64.4 Å². The smallest absolute Gasteiger partial charge is 0.263 e. The SMILES string of the molecule is CCN(C(=O)C(CC1CCCCC1)NC(=O)C(C)c1ccc(Cl)cc1)N1CCc2cc(F)ccc21. The summed E-state index contributed by atoms with van der Waals surface area (Å²) in [5.74, 6) is -0.520. The molecule has 1 aliphatic heterocycles. The first kappa shape index (κ1) is 25.5. The minimum Gasteiger partial charge on any atom is -0.344 e. The lowest BCUT2D eigenvalue weighted by Gasteiger charge is -2.37. The number of hydrogen-bond acceptors (Lipinski definition) is 3. The van der Waals surface area contributed by atoms with Crippen LogP contribution >= 0.6 is 11.6 Å². The van der Waals surface area contributed by atoms with Gasteiger partial charge in [-0.1, -0.05) is 55.8 Å². The van der Waals surface area contributed by atoms with Crippen LogP contribution in [0.25, 0.3) is 0 Å². The van der Waals surface area contributed by atoms with E-state index in [9.17, 15) is 14.0 Å². The Morgan fingerprint density at radius 2 is 1.86 bits per heavy atom. The molecule has 1 N–H and O–H groups in total. The summed E-state index contributed by atoms with van der Waals surface area (Å²) in [7, 11) is 0. The topological polar surface area (TPSA) is 52.7 Å². The number of benzene rings is 2. The van der Waals surface area contributed by atoms with Crippen LogP contribution in [0.4, 0.5) is 10.1 Å². The van der Waals surface area contributed by atoms with Crippen LogP contribution < -0.4 is 10.3 Å². The summed E-state index contributed by atoms with van der Waals surface area (Å²) in [5.41, 5.74) is 2.62. The highest BCUT2D eigenvalue weighted by atomic mass is 35.5. The van der Waals surface area contributed by atoms with Crippen LogP contribution in [0.5, 0.6) is 0 Å². The van der Waals surface area contributed by atoms with Crippen molar-refractivity contribution in [3.63, 3.8) is 0 Å². The number of amides is 2. The van der Waals surface area contributed by atoms with Gasteiger partial charge in [-0.3, -0.25) is 19.6 Å². The highest BCUT2D eigenvalue weighted by Gasteiger charge is 2.34. The minimum absolute atomic E-state index is 0.105. The molecule has 0 saturated heterocycles. The molecule has 2 aromatic rings. The molecule has 0 spiro atoms. The fourth-order valence-electron chi connectivity index (χ4n) is 5.41. The van der Waals surface area contributed by atoms with E-state index in [1.54, 1.807) is 29.3 Å². The lowest BCUT2D eigenvalue weighted by Crippen LogP contribution is -2.55. The lowest BCUT2D eigenvalue weighted by molar-refractivity contribution is -0.137.